The predicted octanol–water partition coefficient (Wildman–Crippen LogP) is 4.60. The zero-order valence-corrected chi connectivity index (χ0v) is 19.9. The summed E-state index contributed by atoms with van der Waals surface area (Å²) in [4.78, 5) is 4.13. The Morgan fingerprint density at radius 2 is 1.91 bits per heavy atom. The van der Waals surface area contributed by atoms with Crippen molar-refractivity contribution in [3.63, 3.8) is 0 Å². The van der Waals surface area contributed by atoms with Crippen LogP contribution < -0.4 is 10.5 Å². The molecule has 4 aromatic rings. The van der Waals surface area contributed by atoms with Gasteiger partial charge in [-0.3, -0.25) is 9.36 Å². The lowest BCUT2D eigenvalue weighted by Crippen LogP contribution is -2.27. The number of pyridine rings is 1. The second kappa shape index (κ2) is 8.38. The molecule has 0 unspecified atom stereocenters. The molecule has 0 aliphatic heterocycles. The Balaban J connectivity index is 1.78. The molecule has 32 heavy (non-hydrogen) atoms. The van der Waals surface area contributed by atoms with Crippen molar-refractivity contribution in [3.05, 3.63) is 76.0 Å². The average molecular weight is 499 g/mol. The van der Waals surface area contributed by atoms with Crippen LogP contribution in [-0.2, 0) is 26.1 Å². The third-order valence-corrected chi connectivity index (χ3v) is 5.59. The topological polar surface area (TPSA) is 83.8 Å². The number of rotatable bonds is 6. The van der Waals surface area contributed by atoms with Crippen LogP contribution in [-0.4, -0.2) is 24.5 Å². The summed E-state index contributed by atoms with van der Waals surface area (Å²) in [6.07, 6.45) is 8.02. The molecule has 3 heterocycles. The minimum atomic E-state index is -0.920. The SMILES string of the molecule is Cn1cc(Cc2cn(C)nc2-c2ccc(F)cc2C(C)(C)Oc2cc(Br)cnc2N)cn1. The van der Waals surface area contributed by atoms with Crippen LogP contribution in [0.3, 0.4) is 0 Å². The summed E-state index contributed by atoms with van der Waals surface area (Å²) in [5.74, 6) is 0.316. The summed E-state index contributed by atoms with van der Waals surface area (Å²) in [6.45, 7) is 3.74. The highest BCUT2D eigenvalue weighted by atomic mass is 79.9. The Bertz CT molecular complexity index is 1280. The third-order valence-electron chi connectivity index (χ3n) is 5.16. The third kappa shape index (κ3) is 4.52. The highest BCUT2D eigenvalue weighted by Gasteiger charge is 2.30. The van der Waals surface area contributed by atoms with Gasteiger partial charge in [0.1, 0.15) is 11.4 Å². The molecule has 166 valence electrons. The van der Waals surface area contributed by atoms with Crippen molar-refractivity contribution in [1.29, 1.82) is 0 Å². The first-order valence-electron chi connectivity index (χ1n) is 10.0. The van der Waals surface area contributed by atoms with E-state index in [4.69, 9.17) is 15.6 Å². The molecular weight excluding hydrogens is 475 g/mol. The van der Waals surface area contributed by atoms with Gasteiger partial charge in [0.05, 0.1) is 11.9 Å². The van der Waals surface area contributed by atoms with Crippen molar-refractivity contribution < 1.29 is 9.13 Å². The minimum Gasteiger partial charge on any atom is -0.479 e. The molecule has 0 radical (unpaired) electrons. The number of nitrogens with two attached hydrogens (primary N) is 1. The summed E-state index contributed by atoms with van der Waals surface area (Å²) in [5, 5.41) is 8.94. The second-order valence-electron chi connectivity index (χ2n) is 8.21. The molecule has 0 spiro atoms. The van der Waals surface area contributed by atoms with Crippen molar-refractivity contribution in [2.75, 3.05) is 5.73 Å². The van der Waals surface area contributed by atoms with E-state index in [-0.39, 0.29) is 11.6 Å². The van der Waals surface area contributed by atoms with Crippen LogP contribution in [0.1, 0.15) is 30.5 Å². The normalized spacial score (nSPS) is 11.7. The number of nitrogens with zero attached hydrogens (tertiary/aromatic N) is 5. The lowest BCUT2D eigenvalue weighted by atomic mass is 9.89. The van der Waals surface area contributed by atoms with Gasteiger partial charge in [0.25, 0.3) is 0 Å². The van der Waals surface area contributed by atoms with E-state index in [2.05, 4.69) is 26.0 Å². The average Bonchev–Trinajstić information content (AvgIpc) is 3.29. The van der Waals surface area contributed by atoms with Gasteiger partial charge < -0.3 is 10.5 Å². The quantitative estimate of drug-likeness (QED) is 0.419. The number of hydrogen-bond acceptors (Lipinski definition) is 5. The Morgan fingerprint density at radius 3 is 2.62 bits per heavy atom. The van der Waals surface area contributed by atoms with Crippen LogP contribution in [0.4, 0.5) is 10.2 Å². The molecule has 9 heteroatoms. The van der Waals surface area contributed by atoms with E-state index in [0.29, 0.717) is 17.7 Å². The largest absolute Gasteiger partial charge is 0.479 e. The number of halogens is 2. The van der Waals surface area contributed by atoms with Gasteiger partial charge in [0.15, 0.2) is 11.6 Å². The summed E-state index contributed by atoms with van der Waals surface area (Å²) in [7, 11) is 3.75. The van der Waals surface area contributed by atoms with Gasteiger partial charge in [-0.15, -0.1) is 0 Å². The van der Waals surface area contributed by atoms with Crippen LogP contribution in [0.2, 0.25) is 0 Å². The Morgan fingerprint density at radius 1 is 1.12 bits per heavy atom. The first-order valence-corrected chi connectivity index (χ1v) is 10.8. The lowest BCUT2D eigenvalue weighted by molar-refractivity contribution is 0.109. The smallest absolute Gasteiger partial charge is 0.166 e. The number of aryl methyl sites for hydroxylation is 2. The fourth-order valence-electron chi connectivity index (χ4n) is 3.74. The molecule has 0 saturated carbocycles. The van der Waals surface area contributed by atoms with Gasteiger partial charge in [-0.1, -0.05) is 0 Å². The van der Waals surface area contributed by atoms with E-state index < -0.39 is 5.60 Å². The van der Waals surface area contributed by atoms with Gasteiger partial charge in [-0.05, 0) is 59.6 Å². The zero-order chi connectivity index (χ0) is 23.0. The Hall–Kier alpha value is -3.20. The van der Waals surface area contributed by atoms with Gasteiger partial charge in [-0.2, -0.15) is 10.2 Å². The zero-order valence-electron chi connectivity index (χ0n) is 18.3. The highest BCUT2D eigenvalue weighted by molar-refractivity contribution is 9.10. The molecule has 7 nitrogen and oxygen atoms in total. The number of benzene rings is 1. The van der Waals surface area contributed by atoms with Gasteiger partial charge in [-0.25, -0.2) is 9.37 Å². The molecule has 0 amide bonds. The highest BCUT2D eigenvalue weighted by Crippen LogP contribution is 2.38. The molecule has 0 aliphatic carbocycles. The van der Waals surface area contributed by atoms with E-state index in [1.165, 1.54) is 12.1 Å². The number of aromatic nitrogens is 5. The molecule has 0 bridgehead atoms. The number of anilines is 1. The maximum absolute atomic E-state index is 14.4. The molecule has 1 aromatic carbocycles. The van der Waals surface area contributed by atoms with E-state index in [1.54, 1.807) is 27.7 Å². The van der Waals surface area contributed by atoms with Gasteiger partial charge in [0.2, 0.25) is 0 Å². The Labute approximate surface area is 194 Å². The van der Waals surface area contributed by atoms with Crippen molar-refractivity contribution in [2.45, 2.75) is 25.9 Å². The number of ether oxygens (including phenoxy) is 1. The summed E-state index contributed by atoms with van der Waals surface area (Å²) in [6, 6.07) is 6.41. The van der Waals surface area contributed by atoms with Crippen LogP contribution >= 0.6 is 15.9 Å². The fourth-order valence-corrected chi connectivity index (χ4v) is 4.05. The Kier molecular flexibility index (Phi) is 5.77. The maximum Gasteiger partial charge on any atom is 0.166 e. The summed E-state index contributed by atoms with van der Waals surface area (Å²) < 4.78 is 24.9. The van der Waals surface area contributed by atoms with Crippen LogP contribution in [0.25, 0.3) is 11.3 Å². The summed E-state index contributed by atoms with van der Waals surface area (Å²) in [5.41, 5.74) is 9.38. The number of nitrogen functional groups attached to an aromatic ring is 1. The van der Waals surface area contributed by atoms with Gasteiger partial charge in [0, 0.05) is 60.3 Å². The van der Waals surface area contributed by atoms with Crippen LogP contribution in [0.15, 0.2) is 53.5 Å². The van der Waals surface area contributed by atoms with Crippen LogP contribution in [0, 0.1) is 5.82 Å². The summed E-state index contributed by atoms with van der Waals surface area (Å²) >= 11 is 3.39. The molecule has 2 N–H and O–H groups in total. The number of hydrogen-bond donors (Lipinski definition) is 1. The maximum atomic E-state index is 14.4. The van der Waals surface area contributed by atoms with Crippen molar-refractivity contribution in [2.24, 2.45) is 14.1 Å². The first-order chi connectivity index (χ1) is 15.1. The molecule has 0 saturated heterocycles. The molecular formula is C23H24BrFN6O. The van der Waals surface area contributed by atoms with Crippen molar-refractivity contribution in [1.82, 2.24) is 24.5 Å². The predicted molar refractivity (Wildman–Crippen MR) is 125 cm³/mol. The van der Waals surface area contributed by atoms with E-state index in [0.717, 1.165) is 26.9 Å². The molecule has 0 fully saturated rings. The lowest BCUT2D eigenvalue weighted by Gasteiger charge is -2.29. The van der Waals surface area contributed by atoms with Gasteiger partial charge >= 0.3 is 0 Å². The van der Waals surface area contributed by atoms with E-state index in [9.17, 15) is 4.39 Å². The monoisotopic (exact) mass is 498 g/mol. The van der Waals surface area contributed by atoms with Crippen molar-refractivity contribution in [3.8, 4) is 17.0 Å². The van der Waals surface area contributed by atoms with Crippen molar-refractivity contribution >= 4 is 21.7 Å². The molecule has 0 aliphatic rings. The minimum absolute atomic E-state index is 0.259. The fraction of sp³-hybridized carbons (Fsp3) is 0.261. The first kappa shape index (κ1) is 22.0. The second-order valence-corrected chi connectivity index (χ2v) is 9.13. The standard InChI is InChI=1S/C23H24BrFN6O/c1-23(2,32-20-8-16(24)11-27-22(20)26)19-9-17(25)5-6-18(19)21-15(13-31(4)29-21)7-14-10-28-30(3)12-14/h5-6,8-13H,7H2,1-4H3,(H2,26,27). The molecule has 3 aromatic heterocycles. The van der Waals surface area contributed by atoms with E-state index >= 15 is 0 Å². The molecule has 4 rings (SSSR count). The molecule has 0 atom stereocenters. The van der Waals surface area contributed by atoms with E-state index in [1.807, 2.05) is 46.5 Å². The van der Waals surface area contributed by atoms with Crippen LogP contribution in [0.5, 0.6) is 5.75 Å².